The Balaban J connectivity index is 2.85. The summed E-state index contributed by atoms with van der Waals surface area (Å²) in [5, 5.41) is 8.54. The van der Waals surface area contributed by atoms with Crippen molar-refractivity contribution in [2.24, 2.45) is 0 Å². The molecule has 0 aromatic heterocycles. The van der Waals surface area contributed by atoms with Gasteiger partial charge in [0.25, 0.3) is 10.1 Å². The minimum atomic E-state index is -3.57. The third kappa shape index (κ3) is 0.841. The molecule has 1 saturated heterocycles. The van der Waals surface area contributed by atoms with Gasteiger partial charge in [0, 0.05) is 6.42 Å². The van der Waals surface area contributed by atoms with Gasteiger partial charge in [-0.2, -0.15) is 8.42 Å². The molecule has 0 aliphatic carbocycles. The molecular formula is C3H6O4S. The van der Waals surface area contributed by atoms with Crippen molar-refractivity contribution in [2.75, 3.05) is 6.61 Å². The minimum absolute atomic E-state index is 0.115. The lowest BCUT2D eigenvalue weighted by Gasteiger charge is -1.93. The average molecular weight is 138 g/mol. The maximum atomic E-state index is 10.3. The number of aliphatic hydroxyl groups is 1. The summed E-state index contributed by atoms with van der Waals surface area (Å²) in [6.07, 6.45) is 0.197. The van der Waals surface area contributed by atoms with Crippen LogP contribution in [0.1, 0.15) is 6.42 Å². The van der Waals surface area contributed by atoms with Crippen molar-refractivity contribution in [3.63, 3.8) is 0 Å². The smallest absolute Gasteiger partial charge is 0.294 e. The van der Waals surface area contributed by atoms with Crippen molar-refractivity contribution in [2.45, 2.75) is 11.9 Å². The topological polar surface area (TPSA) is 63.6 Å². The van der Waals surface area contributed by atoms with E-state index < -0.39 is 15.6 Å². The van der Waals surface area contributed by atoms with Gasteiger partial charge >= 0.3 is 0 Å². The van der Waals surface area contributed by atoms with Crippen LogP contribution in [-0.4, -0.2) is 25.6 Å². The second-order valence-electron chi connectivity index (χ2n) is 1.56. The van der Waals surface area contributed by atoms with Gasteiger partial charge in [0.1, 0.15) is 0 Å². The molecule has 1 aliphatic rings. The zero-order chi connectivity index (χ0) is 6.20. The first-order valence-electron chi connectivity index (χ1n) is 2.19. The minimum Gasteiger partial charge on any atom is -0.375 e. The zero-order valence-corrected chi connectivity index (χ0v) is 4.89. The number of hydrogen-bond acceptors (Lipinski definition) is 4. The third-order valence-electron chi connectivity index (χ3n) is 0.946. The van der Waals surface area contributed by atoms with Gasteiger partial charge in [-0.25, -0.2) is 0 Å². The molecule has 0 amide bonds. The SMILES string of the molecule is O=S1(=O)OCCC1O. The molecule has 0 bridgehead atoms. The maximum Gasteiger partial charge on any atom is 0.294 e. The molecular weight excluding hydrogens is 132 g/mol. The summed E-state index contributed by atoms with van der Waals surface area (Å²) in [6.45, 7) is 0.115. The van der Waals surface area contributed by atoms with Crippen LogP contribution in [0.5, 0.6) is 0 Å². The molecule has 1 aliphatic heterocycles. The lowest BCUT2D eigenvalue weighted by Crippen LogP contribution is -2.12. The molecule has 0 aromatic carbocycles. The molecule has 0 saturated carbocycles. The largest absolute Gasteiger partial charge is 0.375 e. The van der Waals surface area contributed by atoms with Gasteiger partial charge in [0.15, 0.2) is 5.44 Å². The first-order chi connectivity index (χ1) is 3.63. The lowest BCUT2D eigenvalue weighted by atomic mass is 10.5. The van der Waals surface area contributed by atoms with Gasteiger partial charge in [-0.3, -0.25) is 4.18 Å². The van der Waals surface area contributed by atoms with Crippen molar-refractivity contribution < 1.29 is 17.7 Å². The molecule has 5 heteroatoms. The van der Waals surface area contributed by atoms with E-state index in [0.717, 1.165) is 0 Å². The van der Waals surface area contributed by atoms with Crippen LogP contribution >= 0.6 is 0 Å². The van der Waals surface area contributed by atoms with E-state index >= 15 is 0 Å². The van der Waals surface area contributed by atoms with Gasteiger partial charge in [-0.05, 0) is 0 Å². The van der Waals surface area contributed by atoms with Crippen LogP contribution < -0.4 is 0 Å². The Hall–Kier alpha value is -0.130. The van der Waals surface area contributed by atoms with E-state index in [1.807, 2.05) is 0 Å². The van der Waals surface area contributed by atoms with Crippen LogP contribution in [0.4, 0.5) is 0 Å². The highest BCUT2D eigenvalue weighted by molar-refractivity contribution is 7.87. The van der Waals surface area contributed by atoms with Crippen molar-refractivity contribution in [3.05, 3.63) is 0 Å². The molecule has 1 fully saturated rings. The summed E-state index contributed by atoms with van der Waals surface area (Å²) >= 11 is 0. The second-order valence-corrected chi connectivity index (χ2v) is 3.32. The molecule has 1 unspecified atom stereocenters. The zero-order valence-electron chi connectivity index (χ0n) is 4.07. The fourth-order valence-electron chi connectivity index (χ4n) is 0.488. The highest BCUT2D eigenvalue weighted by Gasteiger charge is 2.29. The molecule has 0 spiro atoms. The first-order valence-corrected chi connectivity index (χ1v) is 3.66. The van der Waals surface area contributed by atoms with Gasteiger partial charge in [-0.1, -0.05) is 0 Å². The Kier molecular flexibility index (Phi) is 1.26. The van der Waals surface area contributed by atoms with Crippen LogP contribution in [0.25, 0.3) is 0 Å². The van der Waals surface area contributed by atoms with Gasteiger partial charge in [0.2, 0.25) is 0 Å². The van der Waals surface area contributed by atoms with Crippen LogP contribution in [0.15, 0.2) is 0 Å². The predicted molar refractivity (Wildman–Crippen MR) is 25.5 cm³/mol. The Bertz CT molecular complexity index is 170. The Morgan fingerprint density at radius 1 is 1.62 bits per heavy atom. The van der Waals surface area contributed by atoms with Crippen molar-refractivity contribution in [1.82, 2.24) is 0 Å². The van der Waals surface area contributed by atoms with E-state index in [9.17, 15) is 8.42 Å². The summed E-state index contributed by atoms with van der Waals surface area (Å²) in [6, 6.07) is 0. The molecule has 1 N–H and O–H groups in total. The maximum absolute atomic E-state index is 10.3. The molecule has 4 nitrogen and oxygen atoms in total. The molecule has 1 atom stereocenters. The quantitative estimate of drug-likeness (QED) is 0.438. The standard InChI is InChI=1S/C3H6O4S/c4-3-1-2-7-8(3,5)6/h3-4H,1-2H2. The first kappa shape index (κ1) is 6.00. The third-order valence-corrected chi connectivity index (χ3v) is 2.34. The van der Waals surface area contributed by atoms with Crippen molar-refractivity contribution >= 4 is 10.1 Å². The van der Waals surface area contributed by atoms with Gasteiger partial charge in [-0.15, -0.1) is 0 Å². The average Bonchev–Trinajstić information content (AvgIpc) is 1.86. The summed E-state index contributed by atoms with van der Waals surface area (Å²) in [5.74, 6) is 0. The number of hydrogen-bond donors (Lipinski definition) is 1. The molecule has 0 aromatic rings. The fraction of sp³-hybridized carbons (Fsp3) is 1.00. The van der Waals surface area contributed by atoms with E-state index in [1.165, 1.54) is 0 Å². The van der Waals surface area contributed by atoms with Gasteiger partial charge in [0.05, 0.1) is 6.61 Å². The van der Waals surface area contributed by atoms with Crippen molar-refractivity contribution in [3.8, 4) is 0 Å². The van der Waals surface area contributed by atoms with E-state index in [-0.39, 0.29) is 13.0 Å². The predicted octanol–water partition coefficient (Wildman–Crippen LogP) is -0.945. The second kappa shape index (κ2) is 1.68. The Labute approximate surface area is 47.2 Å². The molecule has 48 valence electrons. The Morgan fingerprint density at radius 3 is 2.38 bits per heavy atom. The Morgan fingerprint density at radius 2 is 2.25 bits per heavy atom. The lowest BCUT2D eigenvalue weighted by molar-refractivity contribution is 0.251. The monoisotopic (exact) mass is 138 g/mol. The molecule has 0 radical (unpaired) electrons. The summed E-state index contributed by atoms with van der Waals surface area (Å²) in [7, 11) is -3.57. The highest BCUT2D eigenvalue weighted by Crippen LogP contribution is 2.13. The van der Waals surface area contributed by atoms with E-state index in [0.29, 0.717) is 0 Å². The van der Waals surface area contributed by atoms with E-state index in [4.69, 9.17) is 5.11 Å². The van der Waals surface area contributed by atoms with E-state index in [2.05, 4.69) is 4.18 Å². The summed E-state index contributed by atoms with van der Waals surface area (Å²) < 4.78 is 24.8. The normalized spacial score (nSPS) is 35.4. The van der Waals surface area contributed by atoms with Crippen LogP contribution in [0.3, 0.4) is 0 Å². The van der Waals surface area contributed by atoms with E-state index in [1.54, 1.807) is 0 Å². The molecule has 1 rings (SSSR count). The molecule has 8 heavy (non-hydrogen) atoms. The van der Waals surface area contributed by atoms with Crippen LogP contribution in [0, 0.1) is 0 Å². The summed E-state index contributed by atoms with van der Waals surface area (Å²) in [4.78, 5) is 0. The van der Waals surface area contributed by atoms with Crippen LogP contribution in [0.2, 0.25) is 0 Å². The van der Waals surface area contributed by atoms with Crippen LogP contribution in [-0.2, 0) is 14.3 Å². The molecule has 1 heterocycles. The summed E-state index contributed by atoms with van der Waals surface area (Å²) in [5.41, 5.74) is -1.29. The number of aliphatic hydroxyl groups excluding tert-OH is 1. The number of rotatable bonds is 0. The fourth-order valence-corrected chi connectivity index (χ4v) is 1.36. The highest BCUT2D eigenvalue weighted by atomic mass is 32.2. The van der Waals surface area contributed by atoms with Crippen molar-refractivity contribution in [1.29, 1.82) is 0 Å². The van der Waals surface area contributed by atoms with Gasteiger partial charge < -0.3 is 5.11 Å².